The van der Waals surface area contributed by atoms with E-state index in [1.54, 1.807) is 22.5 Å². The summed E-state index contributed by atoms with van der Waals surface area (Å²) >= 11 is 1.62. The van der Waals surface area contributed by atoms with E-state index in [9.17, 15) is 4.79 Å². The monoisotopic (exact) mass is 430 g/mol. The Morgan fingerprint density at radius 1 is 1.00 bits per heavy atom. The van der Waals surface area contributed by atoms with Crippen molar-refractivity contribution in [3.63, 3.8) is 0 Å². The highest BCUT2D eigenvalue weighted by atomic mass is 32.2. The molecule has 0 N–H and O–H groups in total. The molecular formula is C23H22N6OS. The van der Waals surface area contributed by atoms with E-state index in [2.05, 4.69) is 46.5 Å². The van der Waals surface area contributed by atoms with Crippen LogP contribution in [-0.4, -0.2) is 28.9 Å². The van der Waals surface area contributed by atoms with Gasteiger partial charge in [0, 0.05) is 24.7 Å². The normalized spacial score (nSPS) is 11.5. The molecule has 0 spiro atoms. The lowest BCUT2D eigenvalue weighted by molar-refractivity contribution is 0.620. The first kappa shape index (κ1) is 19.6. The second kappa shape index (κ2) is 8.39. The molecule has 3 aromatic heterocycles. The maximum atomic E-state index is 13.0. The van der Waals surface area contributed by atoms with Gasteiger partial charge >= 0.3 is 0 Å². The summed E-state index contributed by atoms with van der Waals surface area (Å²) in [6, 6.07) is 17.9. The highest BCUT2D eigenvalue weighted by molar-refractivity contribution is 7.98. The van der Waals surface area contributed by atoms with Crippen molar-refractivity contribution in [1.82, 2.24) is 28.9 Å². The second-order valence-corrected chi connectivity index (χ2v) is 8.29. The van der Waals surface area contributed by atoms with E-state index >= 15 is 0 Å². The van der Waals surface area contributed by atoms with Crippen LogP contribution in [0.1, 0.15) is 25.3 Å². The van der Waals surface area contributed by atoms with Crippen LogP contribution in [0, 0.1) is 0 Å². The smallest absolute Gasteiger partial charge is 0.262 e. The lowest BCUT2D eigenvalue weighted by atomic mass is 10.2. The molecule has 3 heterocycles. The van der Waals surface area contributed by atoms with Gasteiger partial charge in [-0.25, -0.2) is 4.68 Å². The van der Waals surface area contributed by atoms with Crippen LogP contribution in [-0.2, 0) is 12.3 Å². The van der Waals surface area contributed by atoms with Gasteiger partial charge in [-0.2, -0.15) is 5.10 Å². The zero-order chi connectivity index (χ0) is 21.2. The van der Waals surface area contributed by atoms with E-state index in [0.29, 0.717) is 17.7 Å². The van der Waals surface area contributed by atoms with E-state index < -0.39 is 0 Å². The molecule has 0 unspecified atom stereocenters. The highest BCUT2D eigenvalue weighted by Crippen LogP contribution is 2.25. The van der Waals surface area contributed by atoms with Gasteiger partial charge in [0.05, 0.1) is 16.6 Å². The van der Waals surface area contributed by atoms with Crippen molar-refractivity contribution in [3.8, 4) is 5.69 Å². The standard InChI is InChI=1S/C23H22N6OS/c1-2-3-14-27-21(30)19-7-4-5-8-20(19)29-22(27)25-26-23(29)31-16-17-9-11-18(12-10-17)28-15-6-13-24-28/h4-13,15H,2-3,14,16H2,1H3. The molecule has 0 bridgehead atoms. The molecule has 2 aromatic carbocycles. The maximum absolute atomic E-state index is 13.0. The van der Waals surface area contributed by atoms with E-state index in [1.807, 2.05) is 45.6 Å². The third kappa shape index (κ3) is 3.63. The number of unbranched alkanes of at least 4 members (excludes halogenated alkanes) is 1. The molecule has 0 radical (unpaired) electrons. The number of aromatic nitrogens is 6. The van der Waals surface area contributed by atoms with E-state index in [4.69, 9.17) is 0 Å². The topological polar surface area (TPSA) is 70.0 Å². The number of para-hydroxylation sites is 1. The first-order chi connectivity index (χ1) is 15.3. The fourth-order valence-electron chi connectivity index (χ4n) is 3.66. The van der Waals surface area contributed by atoms with Crippen molar-refractivity contribution < 1.29 is 0 Å². The Morgan fingerprint density at radius 3 is 2.61 bits per heavy atom. The van der Waals surface area contributed by atoms with Crippen molar-refractivity contribution in [2.75, 3.05) is 0 Å². The van der Waals surface area contributed by atoms with E-state index in [1.165, 1.54) is 5.56 Å². The van der Waals surface area contributed by atoms with E-state index in [-0.39, 0.29) is 5.56 Å². The van der Waals surface area contributed by atoms with Gasteiger partial charge in [0.1, 0.15) is 0 Å². The molecule has 7 nitrogen and oxygen atoms in total. The van der Waals surface area contributed by atoms with E-state index in [0.717, 1.165) is 35.0 Å². The molecular weight excluding hydrogens is 408 g/mol. The predicted molar refractivity (Wildman–Crippen MR) is 123 cm³/mol. The molecule has 5 rings (SSSR count). The zero-order valence-electron chi connectivity index (χ0n) is 17.2. The van der Waals surface area contributed by atoms with Crippen molar-refractivity contribution in [3.05, 3.63) is 82.9 Å². The number of fused-ring (bicyclic) bond motifs is 3. The Balaban J connectivity index is 1.49. The molecule has 0 aliphatic carbocycles. The minimum Gasteiger partial charge on any atom is -0.276 e. The summed E-state index contributed by atoms with van der Waals surface area (Å²) in [5.74, 6) is 1.36. The number of rotatable bonds is 7. The third-order valence-corrected chi connectivity index (χ3v) is 6.29. The van der Waals surface area contributed by atoms with Crippen LogP contribution >= 0.6 is 11.8 Å². The van der Waals surface area contributed by atoms with Gasteiger partial charge in [0.25, 0.3) is 5.56 Å². The number of nitrogens with zero attached hydrogens (tertiary/aromatic N) is 6. The van der Waals surface area contributed by atoms with Crippen LogP contribution in [0.5, 0.6) is 0 Å². The van der Waals surface area contributed by atoms with Crippen molar-refractivity contribution >= 4 is 28.4 Å². The molecule has 0 aliphatic heterocycles. The van der Waals surface area contributed by atoms with Crippen LogP contribution in [0.15, 0.2) is 76.9 Å². The number of benzene rings is 2. The Labute approximate surface area is 183 Å². The summed E-state index contributed by atoms with van der Waals surface area (Å²) in [5.41, 5.74) is 3.05. The third-order valence-electron chi connectivity index (χ3n) is 5.29. The van der Waals surface area contributed by atoms with Gasteiger partial charge in [-0.15, -0.1) is 10.2 Å². The Bertz CT molecular complexity index is 1390. The SMILES string of the molecule is CCCCn1c(=O)c2ccccc2n2c(SCc3ccc(-n4cccn4)cc3)nnc12. The molecule has 8 heteroatoms. The summed E-state index contributed by atoms with van der Waals surface area (Å²) in [6.07, 6.45) is 5.63. The lowest BCUT2D eigenvalue weighted by Gasteiger charge is -2.11. The van der Waals surface area contributed by atoms with Gasteiger partial charge < -0.3 is 0 Å². The molecule has 0 aliphatic rings. The van der Waals surface area contributed by atoms with Crippen molar-refractivity contribution in [2.45, 2.75) is 37.2 Å². The Kier molecular flexibility index (Phi) is 5.30. The van der Waals surface area contributed by atoms with Crippen LogP contribution in [0.25, 0.3) is 22.4 Å². The van der Waals surface area contributed by atoms with Crippen molar-refractivity contribution in [1.29, 1.82) is 0 Å². The maximum Gasteiger partial charge on any atom is 0.262 e. The lowest BCUT2D eigenvalue weighted by Crippen LogP contribution is -2.23. The molecule has 0 saturated carbocycles. The van der Waals surface area contributed by atoms with Gasteiger partial charge in [-0.05, 0) is 42.3 Å². The summed E-state index contributed by atoms with van der Waals surface area (Å²) in [5, 5.41) is 14.6. The largest absolute Gasteiger partial charge is 0.276 e. The number of hydrogen-bond donors (Lipinski definition) is 0. The fraction of sp³-hybridized carbons (Fsp3) is 0.217. The van der Waals surface area contributed by atoms with Gasteiger partial charge in [0.15, 0.2) is 5.16 Å². The minimum absolute atomic E-state index is 0.00490. The quantitative estimate of drug-likeness (QED) is 0.360. The van der Waals surface area contributed by atoms with Crippen LogP contribution in [0.4, 0.5) is 0 Å². The predicted octanol–water partition coefficient (Wildman–Crippen LogP) is 4.32. The number of hydrogen-bond acceptors (Lipinski definition) is 5. The zero-order valence-corrected chi connectivity index (χ0v) is 18.0. The average Bonchev–Trinajstić information content (AvgIpc) is 3.49. The number of aryl methyl sites for hydroxylation is 1. The Morgan fingerprint density at radius 2 is 1.84 bits per heavy atom. The summed E-state index contributed by atoms with van der Waals surface area (Å²) < 4.78 is 5.60. The van der Waals surface area contributed by atoms with Crippen LogP contribution < -0.4 is 5.56 Å². The van der Waals surface area contributed by atoms with Gasteiger partial charge in [0.2, 0.25) is 5.78 Å². The molecule has 156 valence electrons. The molecule has 0 atom stereocenters. The average molecular weight is 431 g/mol. The molecule has 0 fully saturated rings. The van der Waals surface area contributed by atoms with Crippen LogP contribution in [0.3, 0.4) is 0 Å². The van der Waals surface area contributed by atoms with Crippen molar-refractivity contribution in [2.24, 2.45) is 0 Å². The first-order valence-electron chi connectivity index (χ1n) is 10.3. The van der Waals surface area contributed by atoms with Gasteiger partial charge in [-0.3, -0.25) is 13.8 Å². The summed E-state index contributed by atoms with van der Waals surface area (Å²) in [6.45, 7) is 2.76. The second-order valence-electron chi connectivity index (χ2n) is 7.35. The molecule has 5 aromatic rings. The van der Waals surface area contributed by atoms with Crippen LogP contribution in [0.2, 0.25) is 0 Å². The summed E-state index contributed by atoms with van der Waals surface area (Å²) in [7, 11) is 0. The minimum atomic E-state index is -0.00490. The van der Waals surface area contributed by atoms with Gasteiger partial charge in [-0.1, -0.05) is 49.4 Å². The molecule has 0 saturated heterocycles. The number of thioether (sulfide) groups is 1. The molecule has 0 amide bonds. The fourth-order valence-corrected chi connectivity index (χ4v) is 4.56. The summed E-state index contributed by atoms with van der Waals surface area (Å²) in [4.78, 5) is 13.0. The Hall–Kier alpha value is -3.39. The first-order valence-corrected chi connectivity index (χ1v) is 11.3. The molecule has 31 heavy (non-hydrogen) atoms. The highest BCUT2D eigenvalue weighted by Gasteiger charge is 2.16.